The van der Waals surface area contributed by atoms with Gasteiger partial charge in [-0.2, -0.15) is 0 Å². The van der Waals surface area contributed by atoms with Crippen molar-refractivity contribution >= 4 is 5.96 Å². The Kier molecular flexibility index (Phi) is 3.84. The molecule has 0 saturated heterocycles. The summed E-state index contributed by atoms with van der Waals surface area (Å²) in [6.45, 7) is 13.1. The Morgan fingerprint density at radius 3 is 2.19 bits per heavy atom. The van der Waals surface area contributed by atoms with Gasteiger partial charge >= 0.3 is 0 Å². The quantitative estimate of drug-likeness (QED) is 0.294. The number of nitrogens with one attached hydrogen (secondary N) is 2. The first kappa shape index (κ1) is 13.3. The normalized spacial score (nSPS) is 23.0. The van der Waals surface area contributed by atoms with E-state index in [0.29, 0.717) is 22.7 Å². The third kappa shape index (κ3) is 2.32. The molecule has 1 aliphatic rings. The number of nitrogens with zero attached hydrogens (tertiary/aromatic N) is 1. The van der Waals surface area contributed by atoms with Gasteiger partial charge in [0.15, 0.2) is 0 Å². The van der Waals surface area contributed by atoms with E-state index < -0.39 is 0 Å². The van der Waals surface area contributed by atoms with Crippen molar-refractivity contribution in [1.29, 1.82) is 0 Å². The van der Waals surface area contributed by atoms with Gasteiger partial charge in [-0.15, -0.1) is 0 Å². The van der Waals surface area contributed by atoms with Crippen LogP contribution in [0.4, 0.5) is 0 Å². The van der Waals surface area contributed by atoms with E-state index in [4.69, 9.17) is 5.84 Å². The van der Waals surface area contributed by atoms with Gasteiger partial charge in [0.25, 0.3) is 0 Å². The highest BCUT2D eigenvalue weighted by atomic mass is 15.3. The Balaban J connectivity index is 2.47. The number of hydrogen-bond donors (Lipinski definition) is 3. The molecule has 1 rings (SSSR count). The molecule has 0 aromatic carbocycles. The van der Waals surface area contributed by atoms with Crippen molar-refractivity contribution in [2.75, 3.05) is 13.1 Å². The zero-order valence-electron chi connectivity index (χ0n) is 11.2. The summed E-state index contributed by atoms with van der Waals surface area (Å²) in [6.07, 6.45) is 1.07. The fourth-order valence-corrected chi connectivity index (χ4v) is 2.37. The van der Waals surface area contributed by atoms with Gasteiger partial charge < -0.3 is 5.32 Å². The van der Waals surface area contributed by atoms with E-state index in [0.717, 1.165) is 19.5 Å². The topological polar surface area (TPSA) is 62.4 Å². The summed E-state index contributed by atoms with van der Waals surface area (Å²) in [4.78, 5) is 4.50. The molecule has 1 fully saturated rings. The largest absolute Gasteiger partial charge is 0.355 e. The number of aliphatic imine (C=N–C) groups is 1. The smallest absolute Gasteiger partial charge is 0.205 e. The van der Waals surface area contributed by atoms with Crippen molar-refractivity contribution in [2.45, 2.75) is 41.0 Å². The van der Waals surface area contributed by atoms with Crippen molar-refractivity contribution in [3.63, 3.8) is 0 Å². The molecule has 1 saturated carbocycles. The summed E-state index contributed by atoms with van der Waals surface area (Å²) in [7, 11) is 0. The average molecular weight is 226 g/mol. The van der Waals surface area contributed by atoms with Crippen LogP contribution in [0, 0.1) is 16.7 Å². The molecule has 1 aliphatic carbocycles. The second-order valence-corrected chi connectivity index (χ2v) is 5.76. The molecule has 4 heteroatoms. The zero-order chi connectivity index (χ0) is 12.4. The molecule has 0 atom stereocenters. The van der Waals surface area contributed by atoms with E-state index in [1.54, 1.807) is 0 Å². The van der Waals surface area contributed by atoms with Crippen LogP contribution in [0.2, 0.25) is 0 Å². The first-order chi connectivity index (χ1) is 7.37. The highest BCUT2D eigenvalue weighted by Crippen LogP contribution is 2.68. The lowest BCUT2D eigenvalue weighted by atomic mass is 10.0. The Morgan fingerprint density at radius 1 is 1.25 bits per heavy atom. The second-order valence-electron chi connectivity index (χ2n) is 5.76. The number of rotatable bonds is 4. The molecule has 0 spiro atoms. The van der Waals surface area contributed by atoms with Gasteiger partial charge in [-0.3, -0.25) is 10.4 Å². The maximum absolute atomic E-state index is 5.41. The van der Waals surface area contributed by atoms with Gasteiger partial charge in [0.1, 0.15) is 0 Å². The lowest BCUT2D eigenvalue weighted by Crippen LogP contribution is -2.42. The van der Waals surface area contributed by atoms with Gasteiger partial charge in [0.05, 0.1) is 0 Å². The number of hydrazine groups is 1. The molecule has 0 aromatic rings. The summed E-state index contributed by atoms with van der Waals surface area (Å²) in [5.74, 6) is 6.77. The number of hydrogen-bond acceptors (Lipinski definition) is 2. The van der Waals surface area contributed by atoms with Crippen LogP contribution in [0.25, 0.3) is 0 Å². The summed E-state index contributed by atoms with van der Waals surface area (Å²) in [5, 5.41) is 3.17. The first-order valence-corrected chi connectivity index (χ1v) is 6.12. The minimum Gasteiger partial charge on any atom is -0.355 e. The lowest BCUT2D eigenvalue weighted by molar-refractivity contribution is 0.457. The fourth-order valence-electron chi connectivity index (χ4n) is 2.37. The van der Waals surface area contributed by atoms with E-state index in [-0.39, 0.29) is 0 Å². The van der Waals surface area contributed by atoms with Crippen molar-refractivity contribution in [2.24, 2.45) is 27.6 Å². The minimum absolute atomic E-state index is 0.390. The molecule has 0 heterocycles. The molecular formula is C12H26N4. The number of guanidine groups is 1. The molecule has 16 heavy (non-hydrogen) atoms. The van der Waals surface area contributed by atoms with Crippen LogP contribution in [0.3, 0.4) is 0 Å². The summed E-state index contributed by atoms with van der Waals surface area (Å²) >= 11 is 0. The molecule has 0 aromatic heterocycles. The second kappa shape index (κ2) is 4.62. The maximum atomic E-state index is 5.41. The van der Waals surface area contributed by atoms with E-state index in [1.165, 1.54) is 0 Å². The Hall–Kier alpha value is -0.770. The van der Waals surface area contributed by atoms with Crippen LogP contribution in [-0.4, -0.2) is 19.0 Å². The molecule has 0 radical (unpaired) electrons. The number of nitrogens with two attached hydrogens (primary N) is 1. The van der Waals surface area contributed by atoms with Gasteiger partial charge in [0.2, 0.25) is 5.96 Å². The SMILES string of the molecule is CCCNC(=NCC1C(C)(C)C1(C)C)NN. The summed E-state index contributed by atoms with van der Waals surface area (Å²) in [5.41, 5.74) is 3.39. The zero-order valence-corrected chi connectivity index (χ0v) is 11.2. The Morgan fingerprint density at radius 2 is 1.81 bits per heavy atom. The third-order valence-corrected chi connectivity index (χ3v) is 4.43. The average Bonchev–Trinajstić information content (AvgIpc) is 2.60. The first-order valence-electron chi connectivity index (χ1n) is 6.12. The standard InChI is InChI=1S/C12H26N4/c1-6-7-14-10(16-13)15-8-9-11(2,3)12(9,4)5/h9H,6-8,13H2,1-5H3,(H2,14,15,16). The fraction of sp³-hybridized carbons (Fsp3) is 0.917. The monoisotopic (exact) mass is 226 g/mol. The molecule has 4 nitrogen and oxygen atoms in total. The van der Waals surface area contributed by atoms with Crippen LogP contribution in [0.5, 0.6) is 0 Å². The van der Waals surface area contributed by atoms with Crippen molar-refractivity contribution in [1.82, 2.24) is 10.7 Å². The van der Waals surface area contributed by atoms with Crippen molar-refractivity contribution < 1.29 is 0 Å². The summed E-state index contributed by atoms with van der Waals surface area (Å²) < 4.78 is 0. The molecular weight excluding hydrogens is 200 g/mol. The van der Waals surface area contributed by atoms with Gasteiger partial charge in [-0.1, -0.05) is 34.6 Å². The highest BCUT2D eigenvalue weighted by Gasteiger charge is 2.64. The Bertz CT molecular complexity index is 254. The summed E-state index contributed by atoms with van der Waals surface area (Å²) in [6, 6.07) is 0. The van der Waals surface area contributed by atoms with Crippen LogP contribution in [-0.2, 0) is 0 Å². The van der Waals surface area contributed by atoms with E-state index in [1.807, 2.05) is 0 Å². The molecule has 0 amide bonds. The third-order valence-electron chi connectivity index (χ3n) is 4.43. The van der Waals surface area contributed by atoms with E-state index >= 15 is 0 Å². The molecule has 0 unspecified atom stereocenters. The maximum Gasteiger partial charge on any atom is 0.205 e. The van der Waals surface area contributed by atoms with E-state index in [2.05, 4.69) is 50.4 Å². The molecule has 94 valence electrons. The van der Waals surface area contributed by atoms with Gasteiger partial charge in [-0.25, -0.2) is 5.84 Å². The predicted octanol–water partition coefficient (Wildman–Crippen LogP) is 1.49. The van der Waals surface area contributed by atoms with Gasteiger partial charge in [0, 0.05) is 13.1 Å². The van der Waals surface area contributed by atoms with Gasteiger partial charge in [-0.05, 0) is 23.2 Å². The molecule has 0 aliphatic heterocycles. The van der Waals surface area contributed by atoms with Crippen LogP contribution >= 0.6 is 0 Å². The van der Waals surface area contributed by atoms with E-state index in [9.17, 15) is 0 Å². The predicted molar refractivity (Wildman–Crippen MR) is 69.0 cm³/mol. The van der Waals surface area contributed by atoms with Crippen LogP contribution in [0.1, 0.15) is 41.0 Å². The minimum atomic E-state index is 0.390. The molecule has 0 bridgehead atoms. The van der Waals surface area contributed by atoms with Crippen molar-refractivity contribution in [3.8, 4) is 0 Å². The lowest BCUT2D eigenvalue weighted by Gasteiger charge is -2.08. The van der Waals surface area contributed by atoms with Crippen molar-refractivity contribution in [3.05, 3.63) is 0 Å². The van der Waals surface area contributed by atoms with Crippen LogP contribution in [0.15, 0.2) is 4.99 Å². The Labute approximate surface area is 99.1 Å². The van der Waals surface area contributed by atoms with Crippen LogP contribution < -0.4 is 16.6 Å². The molecule has 4 N–H and O–H groups in total. The highest BCUT2D eigenvalue weighted by molar-refractivity contribution is 5.79.